The van der Waals surface area contributed by atoms with Crippen molar-refractivity contribution in [3.8, 4) is 17.9 Å². The fourth-order valence-corrected chi connectivity index (χ4v) is 0.870. The second-order valence-electron chi connectivity index (χ2n) is 2.41. The molecule has 0 bridgehead atoms. The molecule has 3 nitrogen and oxygen atoms in total. The summed E-state index contributed by atoms with van der Waals surface area (Å²) in [5.74, 6) is 6.75. The van der Waals surface area contributed by atoms with Crippen LogP contribution in [0.4, 0.5) is 0 Å². The summed E-state index contributed by atoms with van der Waals surface area (Å²) < 4.78 is 5.14. The standard InChI is InChI=1S/C10H10N2O/c1-2-3-6-12-8-10-5-4-9(7-11)13-10/h4-5,12H,6,8H2,1H3. The van der Waals surface area contributed by atoms with Crippen molar-refractivity contribution in [2.45, 2.75) is 13.5 Å². The lowest BCUT2D eigenvalue weighted by Crippen LogP contribution is -2.12. The topological polar surface area (TPSA) is 49.0 Å². The Morgan fingerprint density at radius 3 is 3.00 bits per heavy atom. The first kappa shape index (κ1) is 9.38. The highest BCUT2D eigenvalue weighted by Crippen LogP contribution is 2.05. The average Bonchev–Trinajstić information content (AvgIpc) is 2.60. The van der Waals surface area contributed by atoms with E-state index in [1.807, 2.05) is 6.07 Å². The summed E-state index contributed by atoms with van der Waals surface area (Å²) in [4.78, 5) is 0. The van der Waals surface area contributed by atoms with E-state index < -0.39 is 0 Å². The van der Waals surface area contributed by atoms with Crippen LogP contribution < -0.4 is 5.32 Å². The number of hydrogen-bond acceptors (Lipinski definition) is 3. The molecule has 0 spiro atoms. The Bertz CT molecular complexity index is 362. The van der Waals surface area contributed by atoms with Gasteiger partial charge >= 0.3 is 0 Å². The molecule has 0 saturated heterocycles. The second kappa shape index (κ2) is 5.03. The minimum Gasteiger partial charge on any atom is -0.449 e. The number of furan rings is 1. The highest BCUT2D eigenvalue weighted by molar-refractivity contribution is 5.19. The molecule has 0 aliphatic rings. The SMILES string of the molecule is CC#CCNCc1ccc(C#N)o1. The molecule has 0 unspecified atom stereocenters. The number of nitrogens with one attached hydrogen (secondary N) is 1. The van der Waals surface area contributed by atoms with E-state index in [2.05, 4.69) is 17.2 Å². The number of hydrogen-bond donors (Lipinski definition) is 1. The predicted octanol–water partition coefficient (Wildman–Crippen LogP) is 1.26. The van der Waals surface area contributed by atoms with E-state index in [0.717, 1.165) is 5.76 Å². The quantitative estimate of drug-likeness (QED) is 0.554. The molecule has 13 heavy (non-hydrogen) atoms. The molecule has 0 aliphatic heterocycles. The third kappa shape index (κ3) is 3.02. The van der Waals surface area contributed by atoms with Crippen LogP contribution >= 0.6 is 0 Å². The minimum absolute atomic E-state index is 0.346. The van der Waals surface area contributed by atoms with Gasteiger partial charge in [-0.15, -0.1) is 5.92 Å². The molecule has 1 N–H and O–H groups in total. The number of rotatable bonds is 3. The molecule has 0 amide bonds. The molecule has 0 aliphatic carbocycles. The van der Waals surface area contributed by atoms with Crippen LogP contribution in [0.2, 0.25) is 0 Å². The van der Waals surface area contributed by atoms with Crippen LogP contribution in [0.15, 0.2) is 16.5 Å². The molecule has 1 aromatic heterocycles. The summed E-state index contributed by atoms with van der Waals surface area (Å²) in [5.41, 5.74) is 0. The molecule has 1 aromatic rings. The van der Waals surface area contributed by atoms with Gasteiger partial charge in [-0.2, -0.15) is 5.26 Å². The van der Waals surface area contributed by atoms with E-state index in [4.69, 9.17) is 9.68 Å². The van der Waals surface area contributed by atoms with Gasteiger partial charge in [0.05, 0.1) is 13.1 Å². The van der Waals surface area contributed by atoms with E-state index in [1.165, 1.54) is 0 Å². The second-order valence-corrected chi connectivity index (χ2v) is 2.41. The third-order valence-electron chi connectivity index (χ3n) is 1.46. The van der Waals surface area contributed by atoms with E-state index in [9.17, 15) is 0 Å². The summed E-state index contributed by atoms with van der Waals surface area (Å²) >= 11 is 0. The summed E-state index contributed by atoms with van der Waals surface area (Å²) in [6.07, 6.45) is 0. The average molecular weight is 174 g/mol. The van der Waals surface area contributed by atoms with Crippen LogP contribution in [0.3, 0.4) is 0 Å². The molecule has 0 radical (unpaired) electrons. The Morgan fingerprint density at radius 1 is 1.54 bits per heavy atom. The number of nitrogens with zero attached hydrogens (tertiary/aromatic N) is 1. The van der Waals surface area contributed by atoms with Gasteiger partial charge < -0.3 is 4.42 Å². The van der Waals surface area contributed by atoms with Gasteiger partial charge in [0, 0.05) is 0 Å². The Balaban J connectivity index is 2.36. The van der Waals surface area contributed by atoms with Crippen molar-refractivity contribution in [2.24, 2.45) is 0 Å². The van der Waals surface area contributed by atoms with Crippen molar-refractivity contribution >= 4 is 0 Å². The normalized spacial score (nSPS) is 8.62. The zero-order chi connectivity index (χ0) is 9.52. The van der Waals surface area contributed by atoms with Gasteiger partial charge in [-0.3, -0.25) is 5.32 Å². The molecule has 3 heteroatoms. The number of nitriles is 1. The van der Waals surface area contributed by atoms with Crippen LogP contribution in [0.25, 0.3) is 0 Å². The van der Waals surface area contributed by atoms with Crippen LogP contribution in [-0.4, -0.2) is 6.54 Å². The summed E-state index contributed by atoms with van der Waals surface area (Å²) in [6, 6.07) is 5.36. The first-order valence-corrected chi connectivity index (χ1v) is 3.96. The van der Waals surface area contributed by atoms with E-state index in [0.29, 0.717) is 18.8 Å². The van der Waals surface area contributed by atoms with Crippen molar-refractivity contribution in [2.75, 3.05) is 6.54 Å². The van der Waals surface area contributed by atoms with Crippen molar-refractivity contribution in [3.63, 3.8) is 0 Å². The molecule has 0 saturated carbocycles. The molecule has 66 valence electrons. The van der Waals surface area contributed by atoms with Crippen LogP contribution in [0, 0.1) is 23.2 Å². The van der Waals surface area contributed by atoms with Gasteiger partial charge in [-0.05, 0) is 19.1 Å². The van der Waals surface area contributed by atoms with Crippen LogP contribution in [0.5, 0.6) is 0 Å². The maximum absolute atomic E-state index is 8.47. The fourth-order valence-electron chi connectivity index (χ4n) is 0.870. The first-order chi connectivity index (χ1) is 6.36. The Hall–Kier alpha value is -1.71. The largest absolute Gasteiger partial charge is 0.449 e. The monoisotopic (exact) mass is 174 g/mol. The highest BCUT2D eigenvalue weighted by Gasteiger charge is 1.98. The smallest absolute Gasteiger partial charge is 0.203 e. The van der Waals surface area contributed by atoms with Gasteiger partial charge in [0.1, 0.15) is 11.8 Å². The Kier molecular flexibility index (Phi) is 3.63. The van der Waals surface area contributed by atoms with Gasteiger partial charge in [-0.25, -0.2) is 0 Å². The van der Waals surface area contributed by atoms with Crippen molar-refractivity contribution in [1.29, 1.82) is 5.26 Å². The lowest BCUT2D eigenvalue weighted by Gasteiger charge is -1.94. The Morgan fingerprint density at radius 2 is 2.38 bits per heavy atom. The van der Waals surface area contributed by atoms with E-state index in [-0.39, 0.29) is 0 Å². The third-order valence-corrected chi connectivity index (χ3v) is 1.46. The summed E-state index contributed by atoms with van der Waals surface area (Å²) in [7, 11) is 0. The maximum Gasteiger partial charge on any atom is 0.203 e. The molecule has 1 heterocycles. The zero-order valence-corrected chi connectivity index (χ0v) is 7.42. The van der Waals surface area contributed by atoms with Gasteiger partial charge in [0.2, 0.25) is 5.76 Å². The molecule has 0 fully saturated rings. The van der Waals surface area contributed by atoms with Gasteiger partial charge in [-0.1, -0.05) is 5.92 Å². The lowest BCUT2D eigenvalue weighted by atomic mass is 10.4. The molecule has 0 aromatic carbocycles. The fraction of sp³-hybridized carbons (Fsp3) is 0.300. The molecular weight excluding hydrogens is 164 g/mol. The predicted molar refractivity (Wildman–Crippen MR) is 48.6 cm³/mol. The van der Waals surface area contributed by atoms with Crippen LogP contribution in [0.1, 0.15) is 18.4 Å². The minimum atomic E-state index is 0.346. The zero-order valence-electron chi connectivity index (χ0n) is 7.42. The molecule has 0 atom stereocenters. The molecule has 1 rings (SSSR count). The van der Waals surface area contributed by atoms with E-state index >= 15 is 0 Å². The lowest BCUT2D eigenvalue weighted by molar-refractivity contribution is 0.481. The highest BCUT2D eigenvalue weighted by atomic mass is 16.3. The first-order valence-electron chi connectivity index (χ1n) is 3.96. The van der Waals surface area contributed by atoms with Crippen LogP contribution in [-0.2, 0) is 6.54 Å². The van der Waals surface area contributed by atoms with Crippen molar-refractivity contribution in [3.05, 3.63) is 23.7 Å². The molecular formula is C10H10N2O. The van der Waals surface area contributed by atoms with Gasteiger partial charge in [0.15, 0.2) is 0 Å². The van der Waals surface area contributed by atoms with Crippen molar-refractivity contribution < 1.29 is 4.42 Å². The van der Waals surface area contributed by atoms with E-state index in [1.54, 1.807) is 19.1 Å². The summed E-state index contributed by atoms with van der Waals surface area (Å²) in [6.45, 7) is 3.04. The summed E-state index contributed by atoms with van der Waals surface area (Å²) in [5, 5.41) is 11.5. The maximum atomic E-state index is 8.47. The van der Waals surface area contributed by atoms with Gasteiger partial charge in [0.25, 0.3) is 0 Å². The Labute approximate surface area is 77.4 Å². The van der Waals surface area contributed by atoms with Crippen molar-refractivity contribution in [1.82, 2.24) is 5.32 Å².